The first kappa shape index (κ1) is 18.4. The molecule has 1 saturated heterocycles. The van der Waals surface area contributed by atoms with Gasteiger partial charge in [-0.3, -0.25) is 4.90 Å². The van der Waals surface area contributed by atoms with Crippen LogP contribution in [0.25, 0.3) is 11.3 Å². The summed E-state index contributed by atoms with van der Waals surface area (Å²) in [5, 5.41) is 13.3. The van der Waals surface area contributed by atoms with Crippen molar-refractivity contribution in [2.45, 2.75) is 32.2 Å². The molecule has 28 heavy (non-hydrogen) atoms. The fourth-order valence-electron chi connectivity index (χ4n) is 3.84. The summed E-state index contributed by atoms with van der Waals surface area (Å²) in [6.07, 6.45) is 2.23. The number of rotatable bonds is 5. The number of carbonyl (C=O) groups is 1. The van der Waals surface area contributed by atoms with Crippen LogP contribution in [0.15, 0.2) is 59.1 Å². The Balaban J connectivity index is 1.41. The van der Waals surface area contributed by atoms with Crippen LogP contribution in [-0.4, -0.2) is 34.2 Å². The Morgan fingerprint density at radius 1 is 1.18 bits per heavy atom. The third-order valence-corrected chi connectivity index (χ3v) is 5.42. The minimum Gasteiger partial charge on any atom is -0.478 e. The number of carboxylic acid groups (broad SMARTS) is 1. The quantitative estimate of drug-likeness (QED) is 0.697. The lowest BCUT2D eigenvalue weighted by molar-refractivity contribution is 0.0697. The molecule has 3 aromatic rings. The second-order valence-corrected chi connectivity index (χ2v) is 7.55. The van der Waals surface area contributed by atoms with Crippen LogP contribution in [0.1, 0.15) is 46.0 Å². The molecular weight excluding hydrogens is 352 g/mol. The van der Waals surface area contributed by atoms with Gasteiger partial charge in [-0.15, -0.1) is 0 Å². The zero-order valence-corrected chi connectivity index (χ0v) is 16.0. The summed E-state index contributed by atoms with van der Waals surface area (Å²) in [6, 6.07) is 17.6. The first-order valence-electron chi connectivity index (χ1n) is 9.67. The maximum atomic E-state index is 11.0. The zero-order valence-electron chi connectivity index (χ0n) is 16.0. The van der Waals surface area contributed by atoms with E-state index in [2.05, 4.69) is 41.2 Å². The Morgan fingerprint density at radius 3 is 2.64 bits per heavy atom. The standard InChI is InChI=1S/C23H24N2O3/c1-16-4-6-18(7-5-16)22-13-21(28-24-22)15-25-12-2-3-20(14-25)17-8-10-19(11-9-17)23(26)27/h4-11,13,20H,2-3,12,14-15H2,1H3,(H,26,27)/t20-/m0/s1. The van der Waals surface area contributed by atoms with Gasteiger partial charge in [0.25, 0.3) is 0 Å². The highest BCUT2D eigenvalue weighted by Gasteiger charge is 2.23. The van der Waals surface area contributed by atoms with Crippen molar-refractivity contribution in [2.24, 2.45) is 0 Å². The van der Waals surface area contributed by atoms with Crippen molar-refractivity contribution in [2.75, 3.05) is 13.1 Å². The third kappa shape index (κ3) is 4.15. The predicted molar refractivity (Wildman–Crippen MR) is 107 cm³/mol. The average Bonchev–Trinajstić information content (AvgIpc) is 3.17. The van der Waals surface area contributed by atoms with Crippen molar-refractivity contribution >= 4 is 5.97 Å². The Morgan fingerprint density at radius 2 is 1.93 bits per heavy atom. The minimum absolute atomic E-state index is 0.335. The number of nitrogens with zero attached hydrogens (tertiary/aromatic N) is 2. The molecule has 0 bridgehead atoms. The van der Waals surface area contributed by atoms with Gasteiger partial charge in [-0.1, -0.05) is 47.1 Å². The topological polar surface area (TPSA) is 66.6 Å². The summed E-state index contributed by atoms with van der Waals surface area (Å²) in [4.78, 5) is 13.4. The van der Waals surface area contributed by atoms with Gasteiger partial charge in [0.05, 0.1) is 12.1 Å². The molecule has 1 aromatic heterocycles. The van der Waals surface area contributed by atoms with E-state index in [-0.39, 0.29) is 0 Å². The third-order valence-electron chi connectivity index (χ3n) is 5.42. The number of benzene rings is 2. The van der Waals surface area contributed by atoms with Gasteiger partial charge in [-0.25, -0.2) is 4.79 Å². The van der Waals surface area contributed by atoms with Crippen LogP contribution in [-0.2, 0) is 6.54 Å². The maximum Gasteiger partial charge on any atom is 0.335 e. The Hall–Kier alpha value is -2.92. The highest BCUT2D eigenvalue weighted by Crippen LogP contribution is 2.28. The van der Waals surface area contributed by atoms with E-state index in [9.17, 15) is 4.79 Å². The molecule has 144 valence electrons. The van der Waals surface area contributed by atoms with E-state index in [1.807, 2.05) is 18.2 Å². The van der Waals surface area contributed by atoms with Crippen LogP contribution < -0.4 is 0 Å². The van der Waals surface area contributed by atoms with Crippen molar-refractivity contribution in [1.29, 1.82) is 0 Å². The first-order valence-corrected chi connectivity index (χ1v) is 9.67. The molecule has 1 fully saturated rings. The number of aromatic carboxylic acids is 1. The average molecular weight is 376 g/mol. The highest BCUT2D eigenvalue weighted by atomic mass is 16.5. The number of hydrogen-bond acceptors (Lipinski definition) is 4. The molecule has 0 unspecified atom stereocenters. The molecule has 5 heteroatoms. The van der Waals surface area contributed by atoms with Crippen molar-refractivity contribution in [3.8, 4) is 11.3 Å². The SMILES string of the molecule is Cc1ccc(-c2cc(CN3CCC[C@H](c4ccc(C(=O)O)cc4)C3)on2)cc1. The van der Waals surface area contributed by atoms with Crippen LogP contribution in [0.4, 0.5) is 0 Å². The van der Waals surface area contributed by atoms with Crippen LogP contribution in [0.2, 0.25) is 0 Å². The summed E-state index contributed by atoms with van der Waals surface area (Å²) in [5.74, 6) is 0.403. The monoisotopic (exact) mass is 376 g/mol. The van der Waals surface area contributed by atoms with E-state index in [1.54, 1.807) is 12.1 Å². The van der Waals surface area contributed by atoms with Crippen LogP contribution in [0, 0.1) is 6.92 Å². The molecule has 1 N–H and O–H groups in total. The molecule has 0 radical (unpaired) electrons. The van der Waals surface area contributed by atoms with Gasteiger partial charge in [-0.2, -0.15) is 0 Å². The molecule has 0 spiro atoms. The Bertz CT molecular complexity index is 945. The number of piperidine rings is 1. The number of hydrogen-bond donors (Lipinski definition) is 1. The number of likely N-dealkylation sites (tertiary alicyclic amines) is 1. The molecule has 1 aliphatic rings. The highest BCUT2D eigenvalue weighted by molar-refractivity contribution is 5.87. The van der Waals surface area contributed by atoms with Gasteiger partial charge in [0.2, 0.25) is 0 Å². The molecule has 1 atom stereocenters. The number of aryl methyl sites for hydroxylation is 1. The molecule has 5 nitrogen and oxygen atoms in total. The van der Waals surface area contributed by atoms with E-state index in [4.69, 9.17) is 9.63 Å². The summed E-state index contributed by atoms with van der Waals surface area (Å²) in [5.41, 5.74) is 4.70. The molecule has 2 aromatic carbocycles. The van der Waals surface area contributed by atoms with Gasteiger partial charge in [-0.05, 0) is 49.9 Å². The van der Waals surface area contributed by atoms with Gasteiger partial charge < -0.3 is 9.63 Å². The van der Waals surface area contributed by atoms with Crippen LogP contribution >= 0.6 is 0 Å². The van der Waals surface area contributed by atoms with Gasteiger partial charge in [0.1, 0.15) is 5.69 Å². The number of aromatic nitrogens is 1. The molecular formula is C23H24N2O3. The van der Waals surface area contributed by atoms with E-state index in [0.29, 0.717) is 11.5 Å². The molecule has 2 heterocycles. The van der Waals surface area contributed by atoms with Gasteiger partial charge >= 0.3 is 5.97 Å². The van der Waals surface area contributed by atoms with Crippen LogP contribution in [0.3, 0.4) is 0 Å². The smallest absolute Gasteiger partial charge is 0.335 e. The number of carboxylic acids is 1. The first-order chi connectivity index (χ1) is 13.6. The van der Waals surface area contributed by atoms with Crippen LogP contribution in [0.5, 0.6) is 0 Å². The zero-order chi connectivity index (χ0) is 19.5. The Labute approximate surface area is 164 Å². The summed E-state index contributed by atoms with van der Waals surface area (Å²) >= 11 is 0. The normalized spacial score (nSPS) is 17.5. The minimum atomic E-state index is -0.883. The second-order valence-electron chi connectivity index (χ2n) is 7.55. The summed E-state index contributed by atoms with van der Waals surface area (Å²) in [7, 11) is 0. The predicted octanol–water partition coefficient (Wildman–Crippen LogP) is 4.73. The molecule has 0 aliphatic carbocycles. The van der Waals surface area contributed by atoms with Gasteiger partial charge in [0.15, 0.2) is 5.76 Å². The van der Waals surface area contributed by atoms with E-state index in [0.717, 1.165) is 49.5 Å². The van der Waals surface area contributed by atoms with Crippen molar-refractivity contribution < 1.29 is 14.4 Å². The Kier molecular flexibility index (Phi) is 5.26. The van der Waals surface area contributed by atoms with E-state index < -0.39 is 5.97 Å². The van der Waals surface area contributed by atoms with Crippen molar-refractivity contribution in [1.82, 2.24) is 10.1 Å². The maximum absolute atomic E-state index is 11.0. The van der Waals surface area contributed by atoms with Crippen molar-refractivity contribution in [3.63, 3.8) is 0 Å². The van der Waals surface area contributed by atoms with E-state index >= 15 is 0 Å². The lowest BCUT2D eigenvalue weighted by atomic mass is 9.90. The fourth-order valence-corrected chi connectivity index (χ4v) is 3.84. The van der Waals surface area contributed by atoms with E-state index in [1.165, 1.54) is 11.1 Å². The molecule has 0 amide bonds. The molecule has 1 aliphatic heterocycles. The van der Waals surface area contributed by atoms with Gasteiger partial charge in [0, 0.05) is 18.2 Å². The lowest BCUT2D eigenvalue weighted by Gasteiger charge is -2.32. The molecule has 0 saturated carbocycles. The second kappa shape index (κ2) is 7.98. The summed E-state index contributed by atoms with van der Waals surface area (Å²) < 4.78 is 5.58. The molecule has 4 rings (SSSR count). The lowest BCUT2D eigenvalue weighted by Crippen LogP contribution is -2.33. The largest absolute Gasteiger partial charge is 0.478 e. The summed E-state index contributed by atoms with van der Waals surface area (Å²) in [6.45, 7) is 4.78. The van der Waals surface area contributed by atoms with Crippen molar-refractivity contribution in [3.05, 3.63) is 77.0 Å². The fraction of sp³-hybridized carbons (Fsp3) is 0.304.